The van der Waals surface area contributed by atoms with Gasteiger partial charge in [0.05, 0.1) is 17.1 Å². The summed E-state index contributed by atoms with van der Waals surface area (Å²) in [4.78, 5) is 16.2. The first kappa shape index (κ1) is 18.9. The van der Waals surface area contributed by atoms with E-state index in [4.69, 9.17) is 0 Å². The number of anilines is 1. The monoisotopic (exact) mass is 362 g/mol. The molecular weight excluding hydrogens is 340 g/mol. The van der Waals surface area contributed by atoms with Crippen molar-refractivity contribution in [1.29, 1.82) is 0 Å². The number of carbonyl (C=O) groups is 1. The van der Waals surface area contributed by atoms with Crippen molar-refractivity contribution in [2.24, 2.45) is 0 Å². The van der Waals surface area contributed by atoms with E-state index in [1.807, 2.05) is 12.1 Å². The molecule has 134 valence electrons. The van der Waals surface area contributed by atoms with Gasteiger partial charge in [0.25, 0.3) is 0 Å². The van der Waals surface area contributed by atoms with E-state index in [0.717, 1.165) is 5.69 Å². The Labute approximate surface area is 148 Å². The van der Waals surface area contributed by atoms with Gasteiger partial charge in [-0.2, -0.15) is 4.31 Å². The molecule has 0 aliphatic carbocycles. The Balaban J connectivity index is 1.97. The number of aromatic nitrogens is 1. The number of nitrogens with zero attached hydrogens (tertiary/aromatic N) is 2. The molecule has 2 aromatic rings. The molecule has 0 atom stereocenters. The average molecular weight is 362 g/mol. The molecule has 0 unspecified atom stereocenters. The molecule has 0 bridgehead atoms. The summed E-state index contributed by atoms with van der Waals surface area (Å²) in [5.41, 5.74) is 1.25. The molecule has 7 nitrogen and oxygen atoms in total. The second-order valence-electron chi connectivity index (χ2n) is 5.77. The van der Waals surface area contributed by atoms with Gasteiger partial charge in [0.1, 0.15) is 0 Å². The molecule has 0 saturated heterocycles. The van der Waals surface area contributed by atoms with Crippen LogP contribution in [0.5, 0.6) is 0 Å². The first-order valence-electron chi connectivity index (χ1n) is 7.83. The van der Waals surface area contributed by atoms with Crippen LogP contribution in [0.1, 0.15) is 19.5 Å². The number of urea groups is 1. The van der Waals surface area contributed by atoms with E-state index in [-0.39, 0.29) is 17.0 Å². The maximum Gasteiger partial charge on any atom is 0.319 e. The van der Waals surface area contributed by atoms with E-state index >= 15 is 0 Å². The van der Waals surface area contributed by atoms with Crippen LogP contribution in [0.3, 0.4) is 0 Å². The number of pyridine rings is 1. The molecule has 2 rings (SSSR count). The molecule has 0 aliphatic rings. The Morgan fingerprint density at radius 3 is 2.40 bits per heavy atom. The van der Waals surface area contributed by atoms with E-state index < -0.39 is 10.0 Å². The Kier molecular flexibility index (Phi) is 6.11. The minimum absolute atomic E-state index is 0.139. The van der Waals surface area contributed by atoms with Crippen LogP contribution in [0, 0.1) is 0 Å². The van der Waals surface area contributed by atoms with Crippen LogP contribution in [0.25, 0.3) is 0 Å². The second kappa shape index (κ2) is 8.09. The van der Waals surface area contributed by atoms with Gasteiger partial charge in [-0.15, -0.1) is 0 Å². The molecular formula is C17H22N4O3S. The van der Waals surface area contributed by atoms with Gasteiger partial charge in [0.15, 0.2) is 0 Å². The highest BCUT2D eigenvalue weighted by molar-refractivity contribution is 7.89. The van der Waals surface area contributed by atoms with Crippen LogP contribution in [0.15, 0.2) is 53.6 Å². The van der Waals surface area contributed by atoms with Crippen molar-refractivity contribution < 1.29 is 13.2 Å². The molecule has 1 heterocycles. The summed E-state index contributed by atoms with van der Waals surface area (Å²) in [7, 11) is -1.99. The van der Waals surface area contributed by atoms with E-state index in [0.29, 0.717) is 12.2 Å². The van der Waals surface area contributed by atoms with Gasteiger partial charge in [0, 0.05) is 25.0 Å². The average Bonchev–Trinajstić information content (AvgIpc) is 2.60. The van der Waals surface area contributed by atoms with Crippen molar-refractivity contribution in [2.75, 3.05) is 12.4 Å². The maximum atomic E-state index is 12.4. The second-order valence-corrected chi connectivity index (χ2v) is 7.77. The Morgan fingerprint density at radius 2 is 1.84 bits per heavy atom. The van der Waals surface area contributed by atoms with Crippen molar-refractivity contribution in [2.45, 2.75) is 31.3 Å². The third-order valence-electron chi connectivity index (χ3n) is 3.67. The fraction of sp³-hybridized carbons (Fsp3) is 0.294. The fourth-order valence-electron chi connectivity index (χ4n) is 2.00. The van der Waals surface area contributed by atoms with Crippen molar-refractivity contribution in [3.05, 3.63) is 54.4 Å². The van der Waals surface area contributed by atoms with E-state index in [1.165, 1.54) is 23.5 Å². The topological polar surface area (TPSA) is 91.4 Å². The van der Waals surface area contributed by atoms with E-state index in [9.17, 15) is 13.2 Å². The van der Waals surface area contributed by atoms with Crippen molar-refractivity contribution >= 4 is 21.7 Å². The lowest BCUT2D eigenvalue weighted by Crippen LogP contribution is -2.33. The normalized spacial score (nSPS) is 11.6. The van der Waals surface area contributed by atoms with Gasteiger partial charge in [0.2, 0.25) is 10.0 Å². The number of carbonyl (C=O) groups excluding carboxylic acids is 1. The van der Waals surface area contributed by atoms with E-state index in [2.05, 4.69) is 15.6 Å². The number of amides is 2. The maximum absolute atomic E-state index is 12.4. The van der Waals surface area contributed by atoms with E-state index in [1.54, 1.807) is 38.2 Å². The van der Waals surface area contributed by atoms with Crippen LogP contribution in [-0.2, 0) is 16.6 Å². The van der Waals surface area contributed by atoms with Gasteiger partial charge in [-0.1, -0.05) is 6.07 Å². The summed E-state index contributed by atoms with van der Waals surface area (Å²) in [5, 5.41) is 5.34. The minimum Gasteiger partial charge on any atom is -0.332 e. The highest BCUT2D eigenvalue weighted by atomic mass is 32.2. The molecule has 2 amide bonds. The van der Waals surface area contributed by atoms with Gasteiger partial charge in [-0.25, -0.2) is 13.2 Å². The Morgan fingerprint density at radius 1 is 1.16 bits per heavy atom. The molecule has 0 fully saturated rings. The minimum atomic E-state index is -3.53. The third kappa shape index (κ3) is 5.01. The van der Waals surface area contributed by atoms with Crippen molar-refractivity contribution in [3.8, 4) is 0 Å². The first-order valence-corrected chi connectivity index (χ1v) is 9.27. The molecule has 0 saturated carbocycles. The Bertz CT molecular complexity index is 806. The third-order valence-corrected chi connectivity index (χ3v) is 5.72. The summed E-state index contributed by atoms with van der Waals surface area (Å²) in [6, 6.07) is 11.0. The molecule has 1 aromatic carbocycles. The van der Waals surface area contributed by atoms with Crippen molar-refractivity contribution in [3.63, 3.8) is 0 Å². The highest BCUT2D eigenvalue weighted by Gasteiger charge is 2.22. The highest BCUT2D eigenvalue weighted by Crippen LogP contribution is 2.18. The summed E-state index contributed by atoms with van der Waals surface area (Å²) < 4.78 is 26.1. The quantitative estimate of drug-likeness (QED) is 0.826. The zero-order chi connectivity index (χ0) is 18.4. The summed E-state index contributed by atoms with van der Waals surface area (Å²) in [5.74, 6) is 0. The van der Waals surface area contributed by atoms with Crippen LogP contribution >= 0.6 is 0 Å². The first-order chi connectivity index (χ1) is 11.8. The van der Waals surface area contributed by atoms with Crippen LogP contribution in [0.4, 0.5) is 10.5 Å². The fourth-order valence-corrected chi connectivity index (χ4v) is 3.37. The predicted molar refractivity (Wildman–Crippen MR) is 96.6 cm³/mol. The zero-order valence-electron chi connectivity index (χ0n) is 14.4. The van der Waals surface area contributed by atoms with Gasteiger partial charge < -0.3 is 10.6 Å². The number of nitrogens with one attached hydrogen (secondary N) is 2. The summed E-state index contributed by atoms with van der Waals surface area (Å²) in [6.07, 6.45) is 1.66. The lowest BCUT2D eigenvalue weighted by Gasteiger charge is -2.21. The van der Waals surface area contributed by atoms with Gasteiger partial charge in [-0.3, -0.25) is 4.98 Å². The number of rotatable bonds is 6. The number of benzene rings is 1. The smallest absolute Gasteiger partial charge is 0.319 e. The zero-order valence-corrected chi connectivity index (χ0v) is 15.2. The molecule has 8 heteroatoms. The molecule has 0 spiro atoms. The van der Waals surface area contributed by atoms with Crippen LogP contribution in [-0.4, -0.2) is 36.8 Å². The molecule has 2 N–H and O–H groups in total. The van der Waals surface area contributed by atoms with Gasteiger partial charge in [-0.05, 0) is 50.2 Å². The largest absolute Gasteiger partial charge is 0.332 e. The standard InChI is InChI=1S/C17H22N4O3S/c1-13(2)21(3)25(23,24)16-9-7-14(8-10-16)20-17(22)19-12-15-6-4-5-11-18-15/h4-11,13H,12H2,1-3H3,(H2,19,20,22). The summed E-state index contributed by atoms with van der Waals surface area (Å²) >= 11 is 0. The lowest BCUT2D eigenvalue weighted by molar-refractivity contribution is 0.251. The number of hydrogen-bond donors (Lipinski definition) is 2. The molecule has 0 aliphatic heterocycles. The number of hydrogen-bond acceptors (Lipinski definition) is 4. The van der Waals surface area contributed by atoms with Crippen molar-refractivity contribution in [1.82, 2.24) is 14.6 Å². The molecule has 1 aromatic heterocycles. The van der Waals surface area contributed by atoms with Crippen LogP contribution in [0.2, 0.25) is 0 Å². The lowest BCUT2D eigenvalue weighted by atomic mass is 10.3. The predicted octanol–water partition coefficient (Wildman–Crippen LogP) is 2.43. The molecule has 25 heavy (non-hydrogen) atoms. The number of sulfonamides is 1. The Hall–Kier alpha value is -2.45. The van der Waals surface area contributed by atoms with Gasteiger partial charge >= 0.3 is 6.03 Å². The summed E-state index contributed by atoms with van der Waals surface area (Å²) in [6.45, 7) is 3.91. The van der Waals surface area contributed by atoms with Crippen LogP contribution < -0.4 is 10.6 Å². The SMILES string of the molecule is CC(C)N(C)S(=O)(=O)c1ccc(NC(=O)NCc2ccccn2)cc1. The molecule has 0 radical (unpaired) electrons.